The molecule has 0 amide bonds. The number of ether oxygens (including phenoxy) is 1. The molecule has 1 aromatic rings. The Labute approximate surface area is 98.0 Å². The van der Waals surface area contributed by atoms with Crippen molar-refractivity contribution in [3.8, 4) is 5.75 Å². The Morgan fingerprint density at radius 2 is 1.94 bits per heavy atom. The summed E-state index contributed by atoms with van der Waals surface area (Å²) in [7, 11) is 0. The SMILES string of the molecule is CC(F)(F)COc1cc(F)cc(CN)c1.Cl. The average Bonchev–Trinajstić information content (AvgIpc) is 2.13. The van der Waals surface area contributed by atoms with Crippen molar-refractivity contribution in [1.82, 2.24) is 0 Å². The zero-order valence-corrected chi connectivity index (χ0v) is 9.49. The average molecular weight is 256 g/mol. The minimum atomic E-state index is -2.94. The van der Waals surface area contributed by atoms with Crippen molar-refractivity contribution in [2.45, 2.75) is 19.4 Å². The largest absolute Gasteiger partial charge is 0.487 e. The Kier molecular flexibility index (Phi) is 5.61. The summed E-state index contributed by atoms with van der Waals surface area (Å²) >= 11 is 0. The van der Waals surface area contributed by atoms with E-state index in [1.807, 2.05) is 0 Å². The molecule has 16 heavy (non-hydrogen) atoms. The highest BCUT2D eigenvalue weighted by atomic mass is 35.5. The maximum Gasteiger partial charge on any atom is 0.278 e. The van der Waals surface area contributed by atoms with E-state index in [9.17, 15) is 13.2 Å². The van der Waals surface area contributed by atoms with Crippen molar-refractivity contribution >= 4 is 12.4 Å². The van der Waals surface area contributed by atoms with Crippen LogP contribution in [0.2, 0.25) is 0 Å². The van der Waals surface area contributed by atoms with Gasteiger partial charge in [0.25, 0.3) is 5.92 Å². The molecule has 0 bridgehead atoms. The third-order valence-electron chi connectivity index (χ3n) is 1.66. The topological polar surface area (TPSA) is 35.2 Å². The van der Waals surface area contributed by atoms with E-state index in [0.29, 0.717) is 5.56 Å². The van der Waals surface area contributed by atoms with Gasteiger partial charge in [-0.15, -0.1) is 12.4 Å². The van der Waals surface area contributed by atoms with Crippen LogP contribution in [0.25, 0.3) is 0 Å². The van der Waals surface area contributed by atoms with E-state index in [0.717, 1.165) is 13.0 Å². The number of rotatable bonds is 4. The molecule has 1 aromatic carbocycles. The molecule has 0 aromatic heterocycles. The normalized spacial score (nSPS) is 10.8. The lowest BCUT2D eigenvalue weighted by Gasteiger charge is -2.12. The summed E-state index contributed by atoms with van der Waals surface area (Å²) in [6.45, 7) is 0.0905. The highest BCUT2D eigenvalue weighted by Crippen LogP contribution is 2.19. The molecule has 0 aliphatic heterocycles. The van der Waals surface area contributed by atoms with Crippen molar-refractivity contribution in [1.29, 1.82) is 0 Å². The number of benzene rings is 1. The van der Waals surface area contributed by atoms with Crippen molar-refractivity contribution in [2.24, 2.45) is 5.73 Å². The van der Waals surface area contributed by atoms with Gasteiger partial charge in [-0.3, -0.25) is 0 Å². The fourth-order valence-corrected chi connectivity index (χ4v) is 1.03. The van der Waals surface area contributed by atoms with Crippen LogP contribution in [0, 0.1) is 5.82 Å². The van der Waals surface area contributed by atoms with Crippen LogP contribution < -0.4 is 10.5 Å². The van der Waals surface area contributed by atoms with E-state index < -0.39 is 18.3 Å². The molecule has 92 valence electrons. The molecule has 0 spiro atoms. The second-order valence-corrected chi connectivity index (χ2v) is 3.36. The smallest absolute Gasteiger partial charge is 0.278 e. The molecule has 2 N–H and O–H groups in total. The minimum absolute atomic E-state index is 0. The standard InChI is InChI=1S/C10H12F3NO.ClH/c1-10(12,13)6-15-9-3-7(5-14)2-8(11)4-9;/h2-4H,5-6,14H2,1H3;1H. The Balaban J connectivity index is 0.00000225. The molecule has 2 nitrogen and oxygen atoms in total. The molecule has 0 saturated carbocycles. The van der Waals surface area contributed by atoms with Gasteiger partial charge in [0.1, 0.15) is 11.6 Å². The third kappa shape index (κ3) is 5.23. The van der Waals surface area contributed by atoms with Gasteiger partial charge in [0.2, 0.25) is 0 Å². The first kappa shape index (κ1) is 15.1. The van der Waals surface area contributed by atoms with Crippen molar-refractivity contribution in [3.05, 3.63) is 29.6 Å². The van der Waals surface area contributed by atoms with Crippen LogP contribution in [0.4, 0.5) is 13.2 Å². The van der Waals surface area contributed by atoms with Gasteiger partial charge < -0.3 is 10.5 Å². The second-order valence-electron chi connectivity index (χ2n) is 3.36. The summed E-state index contributed by atoms with van der Waals surface area (Å²) in [5, 5.41) is 0. The van der Waals surface area contributed by atoms with Crippen LogP contribution in [-0.2, 0) is 6.54 Å². The van der Waals surface area contributed by atoms with Crippen molar-refractivity contribution < 1.29 is 17.9 Å². The van der Waals surface area contributed by atoms with Gasteiger partial charge in [-0.2, -0.15) is 0 Å². The van der Waals surface area contributed by atoms with Gasteiger partial charge in [0.05, 0.1) is 0 Å². The first-order chi connectivity index (χ1) is 6.90. The summed E-state index contributed by atoms with van der Waals surface area (Å²) < 4.78 is 42.6. The summed E-state index contributed by atoms with van der Waals surface area (Å²) in [6.07, 6.45) is 0. The first-order valence-corrected chi connectivity index (χ1v) is 4.41. The lowest BCUT2D eigenvalue weighted by Crippen LogP contribution is -2.21. The first-order valence-electron chi connectivity index (χ1n) is 4.41. The van der Waals surface area contributed by atoms with Crippen LogP contribution in [0.5, 0.6) is 5.75 Å². The minimum Gasteiger partial charge on any atom is -0.487 e. The van der Waals surface area contributed by atoms with Crippen molar-refractivity contribution in [3.63, 3.8) is 0 Å². The fraction of sp³-hybridized carbons (Fsp3) is 0.400. The van der Waals surface area contributed by atoms with Crippen LogP contribution in [-0.4, -0.2) is 12.5 Å². The Morgan fingerprint density at radius 1 is 1.31 bits per heavy atom. The predicted octanol–water partition coefficient (Wildman–Crippen LogP) is 2.74. The molecule has 6 heteroatoms. The van der Waals surface area contributed by atoms with E-state index in [-0.39, 0.29) is 24.7 Å². The third-order valence-corrected chi connectivity index (χ3v) is 1.66. The maximum atomic E-state index is 12.9. The predicted molar refractivity (Wildman–Crippen MR) is 57.7 cm³/mol. The summed E-state index contributed by atoms with van der Waals surface area (Å²) in [5.74, 6) is -3.42. The molecule has 0 saturated heterocycles. The van der Waals surface area contributed by atoms with Gasteiger partial charge in [0.15, 0.2) is 6.61 Å². The lowest BCUT2D eigenvalue weighted by atomic mass is 10.2. The molecule has 0 fully saturated rings. The van der Waals surface area contributed by atoms with Gasteiger partial charge >= 0.3 is 0 Å². The zero-order valence-electron chi connectivity index (χ0n) is 8.67. The molecule has 0 unspecified atom stereocenters. The van der Waals surface area contributed by atoms with Crippen LogP contribution in [0.1, 0.15) is 12.5 Å². The molecule has 0 aliphatic carbocycles. The molecule has 0 heterocycles. The Morgan fingerprint density at radius 3 is 2.44 bits per heavy atom. The zero-order chi connectivity index (χ0) is 11.5. The summed E-state index contributed by atoms with van der Waals surface area (Å²) in [6, 6.07) is 3.72. The number of hydrogen-bond donors (Lipinski definition) is 1. The number of nitrogens with two attached hydrogens (primary N) is 1. The van der Waals surface area contributed by atoms with Gasteiger partial charge in [-0.1, -0.05) is 0 Å². The highest BCUT2D eigenvalue weighted by molar-refractivity contribution is 5.85. The van der Waals surface area contributed by atoms with E-state index >= 15 is 0 Å². The number of halogens is 4. The molecule has 0 aliphatic rings. The molecular weight excluding hydrogens is 243 g/mol. The fourth-order valence-electron chi connectivity index (χ4n) is 1.03. The highest BCUT2D eigenvalue weighted by Gasteiger charge is 2.22. The number of alkyl halides is 2. The lowest BCUT2D eigenvalue weighted by molar-refractivity contribution is -0.0230. The van der Waals surface area contributed by atoms with Gasteiger partial charge in [0, 0.05) is 19.5 Å². The number of hydrogen-bond acceptors (Lipinski definition) is 2. The van der Waals surface area contributed by atoms with Gasteiger partial charge in [-0.05, 0) is 17.7 Å². The van der Waals surface area contributed by atoms with E-state index in [1.54, 1.807) is 0 Å². The van der Waals surface area contributed by atoms with E-state index in [2.05, 4.69) is 0 Å². The van der Waals surface area contributed by atoms with Gasteiger partial charge in [-0.25, -0.2) is 13.2 Å². The summed E-state index contributed by atoms with van der Waals surface area (Å²) in [5.41, 5.74) is 5.80. The molecular formula is C10H13ClF3NO. The van der Waals surface area contributed by atoms with Crippen LogP contribution in [0.3, 0.4) is 0 Å². The summed E-state index contributed by atoms with van der Waals surface area (Å²) in [4.78, 5) is 0. The molecule has 0 radical (unpaired) electrons. The van der Waals surface area contributed by atoms with E-state index in [1.165, 1.54) is 12.1 Å². The molecule has 0 atom stereocenters. The molecule has 1 rings (SSSR count). The Bertz CT molecular complexity index is 341. The van der Waals surface area contributed by atoms with Crippen LogP contribution in [0.15, 0.2) is 18.2 Å². The van der Waals surface area contributed by atoms with Crippen LogP contribution >= 0.6 is 12.4 Å². The maximum absolute atomic E-state index is 12.9. The monoisotopic (exact) mass is 255 g/mol. The second kappa shape index (κ2) is 5.96. The Hall–Kier alpha value is -0.940. The van der Waals surface area contributed by atoms with E-state index in [4.69, 9.17) is 10.5 Å². The van der Waals surface area contributed by atoms with Crippen molar-refractivity contribution in [2.75, 3.05) is 6.61 Å². The quantitative estimate of drug-likeness (QED) is 0.898.